The number of aliphatic hydroxyl groups is 1. The first-order valence-electron chi connectivity index (χ1n) is 14.0. The van der Waals surface area contributed by atoms with Gasteiger partial charge >= 0.3 is 0 Å². The van der Waals surface area contributed by atoms with Crippen LogP contribution in [0.15, 0.2) is 60.7 Å². The zero-order valence-electron chi connectivity index (χ0n) is 24.2. The Morgan fingerprint density at radius 3 is 2.21 bits per heavy atom. The SMILES string of the molecule is COc1cc2c(cc1OC)CN(C[C@@H]1O[C@H](c3ccc(NC(=O)C(Cl)(Cl)Cl)cc3)O[C@H](c3ccc(CO)cc3)[C@@H]1C)CC2. The summed E-state index contributed by atoms with van der Waals surface area (Å²) in [6, 6.07) is 19.0. The van der Waals surface area contributed by atoms with E-state index in [-0.39, 0.29) is 24.7 Å². The maximum atomic E-state index is 12.1. The van der Waals surface area contributed by atoms with Crippen molar-refractivity contribution in [2.45, 2.75) is 48.8 Å². The van der Waals surface area contributed by atoms with Gasteiger partial charge in [-0.25, -0.2) is 0 Å². The van der Waals surface area contributed by atoms with Gasteiger partial charge in [-0.1, -0.05) is 78.1 Å². The van der Waals surface area contributed by atoms with Crippen molar-refractivity contribution in [2.75, 3.05) is 32.6 Å². The number of amides is 1. The Labute approximate surface area is 266 Å². The summed E-state index contributed by atoms with van der Waals surface area (Å²) in [5.41, 5.74) is 5.59. The minimum atomic E-state index is -2.07. The fraction of sp³-hybridized carbons (Fsp3) is 0.406. The molecule has 1 saturated heterocycles. The molecule has 2 aliphatic heterocycles. The highest BCUT2D eigenvalue weighted by Crippen LogP contribution is 2.43. The van der Waals surface area contributed by atoms with Crippen LogP contribution < -0.4 is 14.8 Å². The van der Waals surface area contributed by atoms with Gasteiger partial charge in [0.25, 0.3) is 9.70 Å². The van der Waals surface area contributed by atoms with Crippen LogP contribution in [0.5, 0.6) is 11.5 Å². The molecule has 0 aliphatic carbocycles. The molecule has 0 spiro atoms. The van der Waals surface area contributed by atoms with Crippen LogP contribution in [0.4, 0.5) is 5.69 Å². The Hall–Kier alpha value is -2.56. The number of nitrogens with zero attached hydrogens (tertiary/aromatic N) is 1. The predicted octanol–water partition coefficient (Wildman–Crippen LogP) is 6.35. The average molecular weight is 650 g/mol. The molecular formula is C32H35Cl3N2O6. The molecular weight excluding hydrogens is 615 g/mol. The van der Waals surface area contributed by atoms with E-state index in [4.69, 9.17) is 53.8 Å². The third kappa shape index (κ3) is 7.40. The average Bonchev–Trinajstić information content (AvgIpc) is 3.01. The number of rotatable bonds is 8. The lowest BCUT2D eigenvalue weighted by molar-refractivity contribution is -0.276. The van der Waals surface area contributed by atoms with E-state index in [0.717, 1.165) is 47.7 Å². The summed E-state index contributed by atoms with van der Waals surface area (Å²) in [7, 11) is 3.30. The maximum absolute atomic E-state index is 12.1. The molecule has 0 radical (unpaired) electrons. The summed E-state index contributed by atoms with van der Waals surface area (Å²) >= 11 is 17.1. The smallest absolute Gasteiger partial charge is 0.276 e. The number of benzene rings is 3. The van der Waals surface area contributed by atoms with E-state index in [9.17, 15) is 9.90 Å². The second-order valence-electron chi connectivity index (χ2n) is 10.9. The minimum absolute atomic E-state index is 0.0238. The van der Waals surface area contributed by atoms with Crippen LogP contribution in [0.2, 0.25) is 0 Å². The summed E-state index contributed by atoms with van der Waals surface area (Å²) in [5.74, 6) is 0.756. The van der Waals surface area contributed by atoms with Crippen molar-refractivity contribution in [3.05, 3.63) is 88.5 Å². The number of alkyl halides is 3. The first-order chi connectivity index (χ1) is 20.6. The van der Waals surface area contributed by atoms with Crippen molar-refractivity contribution < 1.29 is 28.8 Å². The summed E-state index contributed by atoms with van der Waals surface area (Å²) in [4.78, 5) is 14.5. The Morgan fingerprint density at radius 1 is 0.977 bits per heavy atom. The van der Waals surface area contributed by atoms with Crippen LogP contribution in [0.1, 0.15) is 47.1 Å². The van der Waals surface area contributed by atoms with E-state index in [1.807, 2.05) is 36.4 Å². The highest BCUT2D eigenvalue weighted by molar-refractivity contribution is 6.76. The number of carbonyl (C=O) groups is 1. The quantitative estimate of drug-likeness (QED) is 0.275. The van der Waals surface area contributed by atoms with E-state index >= 15 is 0 Å². The lowest BCUT2D eigenvalue weighted by Gasteiger charge is -2.43. The molecule has 8 nitrogen and oxygen atoms in total. The van der Waals surface area contributed by atoms with Crippen molar-refractivity contribution in [1.82, 2.24) is 4.90 Å². The van der Waals surface area contributed by atoms with E-state index in [1.165, 1.54) is 11.1 Å². The van der Waals surface area contributed by atoms with Crippen LogP contribution in [-0.4, -0.2) is 53.1 Å². The molecule has 3 aromatic carbocycles. The van der Waals surface area contributed by atoms with Gasteiger partial charge in [-0.3, -0.25) is 9.69 Å². The molecule has 0 unspecified atom stereocenters. The number of halogens is 3. The highest BCUT2D eigenvalue weighted by Gasteiger charge is 2.39. The van der Waals surface area contributed by atoms with E-state index in [0.29, 0.717) is 12.2 Å². The van der Waals surface area contributed by atoms with Gasteiger partial charge in [0.15, 0.2) is 17.8 Å². The summed E-state index contributed by atoms with van der Waals surface area (Å²) in [6.45, 7) is 4.48. The molecule has 0 saturated carbocycles. The van der Waals surface area contributed by atoms with Crippen molar-refractivity contribution in [2.24, 2.45) is 5.92 Å². The third-order valence-electron chi connectivity index (χ3n) is 8.06. The topological polar surface area (TPSA) is 89.5 Å². The molecule has 1 fully saturated rings. The van der Waals surface area contributed by atoms with Gasteiger partial charge in [0.1, 0.15) is 0 Å². The van der Waals surface area contributed by atoms with Crippen LogP contribution in [0.3, 0.4) is 0 Å². The second-order valence-corrected chi connectivity index (χ2v) is 13.1. The number of anilines is 1. The van der Waals surface area contributed by atoms with Gasteiger partial charge in [0, 0.05) is 36.8 Å². The molecule has 43 heavy (non-hydrogen) atoms. The number of hydrogen-bond acceptors (Lipinski definition) is 7. The normalized spacial score (nSPS) is 22.5. The molecule has 230 valence electrons. The monoisotopic (exact) mass is 648 g/mol. The molecule has 0 bridgehead atoms. The summed E-state index contributed by atoms with van der Waals surface area (Å²) in [6.07, 6.45) is -0.152. The van der Waals surface area contributed by atoms with Gasteiger partial charge in [-0.05, 0) is 52.9 Å². The standard InChI is InChI=1S/C32H35Cl3N2O6/c1-19-28(17-37-13-12-23-14-26(40-2)27(41-3)15-24(23)16-37)42-30(43-29(19)21-6-4-20(18-38)5-7-21)22-8-10-25(11-9-22)36-31(39)32(33,34)35/h4-11,14-15,19,28-30,38H,12-13,16-18H2,1-3H3,(H,36,39)/t19-,28+,29+,30+/m1/s1. The minimum Gasteiger partial charge on any atom is -0.493 e. The third-order valence-corrected chi connectivity index (χ3v) is 8.57. The molecule has 2 N–H and O–H groups in total. The molecule has 4 atom stereocenters. The van der Waals surface area contributed by atoms with Gasteiger partial charge < -0.3 is 29.4 Å². The predicted molar refractivity (Wildman–Crippen MR) is 167 cm³/mol. The molecule has 2 heterocycles. The highest BCUT2D eigenvalue weighted by atomic mass is 35.6. The second kappa shape index (κ2) is 13.6. The van der Waals surface area contributed by atoms with Gasteiger partial charge in [0.2, 0.25) is 0 Å². The first-order valence-corrected chi connectivity index (χ1v) is 15.2. The van der Waals surface area contributed by atoms with E-state index in [2.05, 4.69) is 29.3 Å². The van der Waals surface area contributed by atoms with Crippen molar-refractivity contribution in [3.63, 3.8) is 0 Å². The van der Waals surface area contributed by atoms with Crippen molar-refractivity contribution in [3.8, 4) is 11.5 Å². The molecule has 0 aromatic heterocycles. The molecule has 5 rings (SSSR count). The van der Waals surface area contributed by atoms with Crippen molar-refractivity contribution >= 4 is 46.4 Å². The van der Waals surface area contributed by atoms with Crippen LogP contribution >= 0.6 is 34.8 Å². The van der Waals surface area contributed by atoms with E-state index < -0.39 is 16.0 Å². The Bertz CT molecular complexity index is 1410. The number of methoxy groups -OCH3 is 2. The fourth-order valence-corrected chi connectivity index (χ4v) is 5.75. The summed E-state index contributed by atoms with van der Waals surface area (Å²) in [5, 5.41) is 12.1. The molecule has 11 heteroatoms. The summed E-state index contributed by atoms with van der Waals surface area (Å²) < 4.78 is 22.2. The number of nitrogens with one attached hydrogen (secondary N) is 1. The fourth-order valence-electron chi connectivity index (χ4n) is 5.61. The Kier molecular flexibility index (Phi) is 10.1. The maximum Gasteiger partial charge on any atom is 0.276 e. The Morgan fingerprint density at radius 2 is 1.60 bits per heavy atom. The molecule has 3 aromatic rings. The van der Waals surface area contributed by atoms with Crippen molar-refractivity contribution in [1.29, 1.82) is 0 Å². The lowest BCUT2D eigenvalue weighted by atomic mass is 9.89. The number of fused-ring (bicyclic) bond motifs is 1. The molecule has 2 aliphatic rings. The first kappa shape index (κ1) is 31.9. The Balaban J connectivity index is 1.37. The number of ether oxygens (including phenoxy) is 4. The lowest BCUT2D eigenvalue weighted by Crippen LogP contribution is -2.45. The number of carbonyl (C=O) groups excluding carboxylic acids is 1. The largest absolute Gasteiger partial charge is 0.493 e. The van der Waals surface area contributed by atoms with Gasteiger partial charge in [0.05, 0.1) is 33.0 Å². The number of aliphatic hydroxyl groups excluding tert-OH is 1. The van der Waals surface area contributed by atoms with Crippen LogP contribution in [0, 0.1) is 5.92 Å². The zero-order chi connectivity index (χ0) is 30.7. The number of hydrogen-bond donors (Lipinski definition) is 2. The van der Waals surface area contributed by atoms with Gasteiger partial charge in [-0.15, -0.1) is 0 Å². The van der Waals surface area contributed by atoms with Crippen LogP contribution in [-0.2, 0) is 33.8 Å². The molecule has 1 amide bonds. The van der Waals surface area contributed by atoms with Gasteiger partial charge in [-0.2, -0.15) is 0 Å². The zero-order valence-corrected chi connectivity index (χ0v) is 26.5. The van der Waals surface area contributed by atoms with E-state index in [1.54, 1.807) is 26.4 Å². The van der Waals surface area contributed by atoms with Crippen LogP contribution in [0.25, 0.3) is 0 Å².